The average Bonchev–Trinajstić information content (AvgIpc) is 2.64. The van der Waals surface area contributed by atoms with Gasteiger partial charge < -0.3 is 20.5 Å². The van der Waals surface area contributed by atoms with Gasteiger partial charge in [0.05, 0.1) is 18.9 Å². The van der Waals surface area contributed by atoms with Crippen LogP contribution >= 0.6 is 0 Å². The molecule has 0 aromatic heterocycles. The van der Waals surface area contributed by atoms with Gasteiger partial charge in [-0.15, -0.1) is 0 Å². The largest absolute Gasteiger partial charge is 0.494 e. The molecule has 1 aromatic rings. The highest BCUT2D eigenvalue weighted by atomic mass is 16.5. The number of nitrogens with two attached hydrogens (primary N) is 1. The number of aliphatic carboxylic acids is 1. The van der Waals surface area contributed by atoms with Gasteiger partial charge in [0, 0.05) is 31.6 Å². The summed E-state index contributed by atoms with van der Waals surface area (Å²) in [6.07, 6.45) is 3.08. The van der Waals surface area contributed by atoms with Crippen LogP contribution in [0, 0.1) is 11.3 Å². The molecule has 1 heterocycles. The first-order chi connectivity index (χ1) is 11.9. The van der Waals surface area contributed by atoms with Crippen molar-refractivity contribution in [2.45, 2.75) is 38.6 Å². The Balaban J connectivity index is 2.01. The molecule has 0 saturated heterocycles. The van der Waals surface area contributed by atoms with E-state index in [0.29, 0.717) is 26.0 Å². The monoisotopic (exact) mass is 345 g/mol. The Bertz CT molecular complexity index is 657. The zero-order chi connectivity index (χ0) is 18.4. The van der Waals surface area contributed by atoms with Crippen molar-refractivity contribution < 1.29 is 14.6 Å². The van der Waals surface area contributed by atoms with Gasteiger partial charge in [0.15, 0.2) is 0 Å². The van der Waals surface area contributed by atoms with Gasteiger partial charge in [-0.05, 0) is 42.5 Å². The Morgan fingerprint density at radius 2 is 2.20 bits per heavy atom. The fourth-order valence-electron chi connectivity index (χ4n) is 3.10. The molecule has 1 aromatic carbocycles. The third kappa shape index (κ3) is 5.52. The molecule has 0 bridgehead atoms. The van der Waals surface area contributed by atoms with Gasteiger partial charge in [-0.1, -0.05) is 12.6 Å². The van der Waals surface area contributed by atoms with Crippen molar-refractivity contribution in [2.24, 2.45) is 11.7 Å². The molecule has 1 atom stereocenters. The van der Waals surface area contributed by atoms with Crippen LogP contribution in [-0.2, 0) is 17.8 Å². The number of benzene rings is 1. The van der Waals surface area contributed by atoms with E-state index in [1.54, 1.807) is 0 Å². The molecular weight excluding hydrogens is 318 g/mol. The molecule has 4 N–H and O–H groups in total. The molecule has 0 spiro atoms. The number of rotatable bonds is 8. The highest BCUT2D eigenvalue weighted by Gasteiger charge is 2.25. The van der Waals surface area contributed by atoms with Gasteiger partial charge in [-0.25, -0.2) is 0 Å². The summed E-state index contributed by atoms with van der Waals surface area (Å²) in [6.45, 7) is 5.38. The topological polar surface area (TPSA) is 99.6 Å². The molecule has 0 aliphatic carbocycles. The summed E-state index contributed by atoms with van der Waals surface area (Å²) in [6, 6.07) is 6.00. The van der Waals surface area contributed by atoms with Crippen LogP contribution in [0.15, 0.2) is 30.5 Å². The molecule has 0 fully saturated rings. The Morgan fingerprint density at radius 1 is 1.44 bits per heavy atom. The molecule has 6 nitrogen and oxygen atoms in total. The van der Waals surface area contributed by atoms with E-state index in [1.165, 1.54) is 0 Å². The van der Waals surface area contributed by atoms with Gasteiger partial charge in [0.1, 0.15) is 5.75 Å². The zero-order valence-electron chi connectivity index (χ0n) is 14.8. The molecule has 2 rings (SSSR count). The highest BCUT2D eigenvalue weighted by molar-refractivity contribution is 5.76. The second kappa shape index (κ2) is 8.55. The van der Waals surface area contributed by atoms with Crippen molar-refractivity contribution in [3.63, 3.8) is 0 Å². The Labute approximate surface area is 148 Å². The number of fused-ring (bicyclic) bond motifs is 1. The first kappa shape index (κ1) is 18.8. The minimum absolute atomic E-state index is 0.0814. The Kier molecular flexibility index (Phi) is 6.44. The van der Waals surface area contributed by atoms with Gasteiger partial charge in [-0.3, -0.25) is 10.2 Å². The Morgan fingerprint density at radius 3 is 2.88 bits per heavy atom. The number of carboxylic acids is 1. The maximum absolute atomic E-state index is 11.1. The fourth-order valence-corrected chi connectivity index (χ4v) is 3.10. The molecule has 0 amide bonds. The molecule has 0 saturated carbocycles. The van der Waals surface area contributed by atoms with Crippen LogP contribution in [0.4, 0.5) is 0 Å². The van der Waals surface area contributed by atoms with E-state index in [4.69, 9.17) is 21.0 Å². The number of amidine groups is 1. The van der Waals surface area contributed by atoms with Crippen molar-refractivity contribution in [3.05, 3.63) is 41.6 Å². The molecule has 1 aliphatic heterocycles. The summed E-state index contributed by atoms with van der Waals surface area (Å²) < 4.78 is 5.80. The summed E-state index contributed by atoms with van der Waals surface area (Å²) in [5.74, 6) is 0.150. The Hall–Kier alpha value is -2.50. The molecule has 0 radical (unpaired) electrons. The highest BCUT2D eigenvalue weighted by Crippen LogP contribution is 2.31. The van der Waals surface area contributed by atoms with E-state index in [1.807, 2.05) is 30.1 Å². The smallest absolute Gasteiger partial charge is 0.304 e. The van der Waals surface area contributed by atoms with Crippen molar-refractivity contribution in [2.75, 3.05) is 13.7 Å². The average molecular weight is 345 g/mol. The van der Waals surface area contributed by atoms with Crippen molar-refractivity contribution in [1.29, 1.82) is 5.41 Å². The normalized spacial score (nSPS) is 16.9. The lowest BCUT2D eigenvalue weighted by atomic mass is 9.93. The SMILES string of the molecule is C=C1[C@H](CC(=O)O)Cc2ccc(OCCCCC(=N)N)cc2CN1C. The molecule has 6 heteroatoms. The number of nitrogens with zero attached hydrogens (tertiary/aromatic N) is 1. The van der Waals surface area contributed by atoms with Gasteiger partial charge in [0.25, 0.3) is 0 Å². The van der Waals surface area contributed by atoms with Gasteiger partial charge in [0.2, 0.25) is 0 Å². The van der Waals surface area contributed by atoms with E-state index in [0.717, 1.165) is 35.4 Å². The fraction of sp³-hybridized carbons (Fsp3) is 0.474. The molecular formula is C19H27N3O3. The van der Waals surface area contributed by atoms with Crippen LogP contribution in [0.5, 0.6) is 5.75 Å². The van der Waals surface area contributed by atoms with Crippen LogP contribution in [-0.4, -0.2) is 35.5 Å². The molecule has 1 aliphatic rings. The molecule has 25 heavy (non-hydrogen) atoms. The first-order valence-corrected chi connectivity index (χ1v) is 8.56. The van der Waals surface area contributed by atoms with Crippen molar-refractivity contribution >= 4 is 11.8 Å². The van der Waals surface area contributed by atoms with Crippen LogP contribution < -0.4 is 10.5 Å². The predicted molar refractivity (Wildman–Crippen MR) is 97.8 cm³/mol. The number of hydrogen-bond acceptors (Lipinski definition) is 4. The number of ether oxygens (including phenoxy) is 1. The van der Waals surface area contributed by atoms with E-state index in [-0.39, 0.29) is 18.2 Å². The lowest BCUT2D eigenvalue weighted by molar-refractivity contribution is -0.137. The zero-order valence-corrected chi connectivity index (χ0v) is 14.8. The summed E-state index contributed by atoms with van der Waals surface area (Å²) in [5, 5.41) is 16.3. The number of unbranched alkanes of at least 4 members (excludes halogenated alkanes) is 1. The van der Waals surface area contributed by atoms with Crippen LogP contribution in [0.25, 0.3) is 0 Å². The summed E-state index contributed by atoms with van der Waals surface area (Å²) >= 11 is 0. The number of hydrogen-bond donors (Lipinski definition) is 3. The second-order valence-corrected chi connectivity index (χ2v) is 6.61. The lowest BCUT2D eigenvalue weighted by Crippen LogP contribution is -2.22. The first-order valence-electron chi connectivity index (χ1n) is 8.56. The van der Waals surface area contributed by atoms with E-state index >= 15 is 0 Å². The summed E-state index contributed by atoms with van der Waals surface area (Å²) in [4.78, 5) is 13.1. The minimum atomic E-state index is -0.798. The molecule has 0 unspecified atom stereocenters. The van der Waals surface area contributed by atoms with Crippen LogP contribution in [0.1, 0.15) is 36.8 Å². The standard InChI is InChI=1S/C19H27N3O3/c1-13-15(11-19(23)24)9-14-6-7-17(10-16(14)12-22(13)2)25-8-4-3-5-18(20)21/h6-7,10,15H,1,3-5,8-9,11-12H2,2H3,(H3,20,21)(H,23,24)/t15-/m0/s1. The third-order valence-corrected chi connectivity index (χ3v) is 4.54. The lowest BCUT2D eigenvalue weighted by Gasteiger charge is -2.24. The number of carbonyl (C=O) groups is 1. The maximum Gasteiger partial charge on any atom is 0.304 e. The maximum atomic E-state index is 11.1. The van der Waals surface area contributed by atoms with E-state index in [2.05, 4.69) is 6.58 Å². The van der Waals surface area contributed by atoms with Gasteiger partial charge in [-0.2, -0.15) is 0 Å². The summed E-state index contributed by atoms with van der Waals surface area (Å²) in [5.41, 5.74) is 8.51. The third-order valence-electron chi connectivity index (χ3n) is 4.54. The van der Waals surface area contributed by atoms with Crippen LogP contribution in [0.3, 0.4) is 0 Å². The van der Waals surface area contributed by atoms with Crippen molar-refractivity contribution in [1.82, 2.24) is 4.90 Å². The second-order valence-electron chi connectivity index (χ2n) is 6.61. The minimum Gasteiger partial charge on any atom is -0.494 e. The number of allylic oxidation sites excluding steroid dienone is 1. The quantitative estimate of drug-likeness (QED) is 0.382. The summed E-state index contributed by atoms with van der Waals surface area (Å²) in [7, 11) is 1.95. The predicted octanol–water partition coefficient (Wildman–Crippen LogP) is 2.76. The molecule has 136 valence electrons. The number of nitrogens with one attached hydrogen (secondary N) is 1. The van der Waals surface area contributed by atoms with Gasteiger partial charge >= 0.3 is 5.97 Å². The van der Waals surface area contributed by atoms with Crippen LogP contribution in [0.2, 0.25) is 0 Å². The van der Waals surface area contributed by atoms with E-state index < -0.39 is 5.97 Å². The van der Waals surface area contributed by atoms with E-state index in [9.17, 15) is 4.79 Å². The number of carboxylic acid groups (broad SMARTS) is 1. The van der Waals surface area contributed by atoms with Crippen molar-refractivity contribution in [3.8, 4) is 5.75 Å².